The molecule has 1 aliphatic rings. The van der Waals surface area contributed by atoms with Gasteiger partial charge in [0.15, 0.2) is 23.7 Å². The number of Topliss-reactive ketones (excluding diaryl/α,β-unsaturated/α-hetero) is 2. The summed E-state index contributed by atoms with van der Waals surface area (Å²) in [6.45, 7) is 6.14. The van der Waals surface area contributed by atoms with Gasteiger partial charge in [0.05, 0.1) is 16.4 Å². The Morgan fingerprint density at radius 1 is 1.28 bits per heavy atom. The molecule has 0 saturated carbocycles. The molecular formula is C18H18N2O4S. The van der Waals surface area contributed by atoms with Gasteiger partial charge < -0.3 is 4.74 Å². The lowest BCUT2D eigenvalue weighted by atomic mass is 10.0. The Labute approximate surface area is 149 Å². The fraction of sp³-hybridized carbons (Fsp3) is 0.333. The molecule has 0 N–H and O–H groups in total. The van der Waals surface area contributed by atoms with Crippen molar-refractivity contribution in [3.8, 4) is 17.0 Å². The number of carbonyl (C=O) groups is 3. The maximum absolute atomic E-state index is 12.7. The van der Waals surface area contributed by atoms with Gasteiger partial charge in [-0.3, -0.25) is 19.3 Å². The average molecular weight is 358 g/mol. The van der Waals surface area contributed by atoms with Crippen LogP contribution in [-0.4, -0.2) is 34.6 Å². The number of amides is 1. The first-order valence-electron chi connectivity index (χ1n) is 7.86. The van der Waals surface area contributed by atoms with Crippen molar-refractivity contribution in [1.29, 1.82) is 0 Å². The third kappa shape index (κ3) is 3.07. The SMILES string of the molecule is CC(=O)C(C(C)=O)N1C(=O)C(C)Oc2ccc(-c3csc(C)n3)cc21. The maximum Gasteiger partial charge on any atom is 0.268 e. The van der Waals surface area contributed by atoms with Crippen molar-refractivity contribution in [2.24, 2.45) is 0 Å². The third-order valence-electron chi connectivity index (χ3n) is 4.05. The van der Waals surface area contributed by atoms with E-state index >= 15 is 0 Å². The first kappa shape index (κ1) is 17.3. The summed E-state index contributed by atoms with van der Waals surface area (Å²) in [5, 5.41) is 2.85. The summed E-state index contributed by atoms with van der Waals surface area (Å²) in [6.07, 6.45) is -0.763. The first-order chi connectivity index (χ1) is 11.8. The van der Waals surface area contributed by atoms with Gasteiger partial charge in [-0.25, -0.2) is 4.98 Å². The largest absolute Gasteiger partial charge is 0.479 e. The molecule has 1 aromatic heterocycles. The number of aryl methyl sites for hydroxylation is 1. The second kappa shape index (κ2) is 6.40. The number of benzene rings is 1. The van der Waals surface area contributed by atoms with Crippen LogP contribution in [0.5, 0.6) is 5.75 Å². The molecular weight excluding hydrogens is 340 g/mol. The highest BCUT2D eigenvalue weighted by atomic mass is 32.1. The van der Waals surface area contributed by atoms with Crippen LogP contribution in [-0.2, 0) is 14.4 Å². The minimum atomic E-state index is -1.15. The van der Waals surface area contributed by atoms with E-state index in [1.54, 1.807) is 19.1 Å². The zero-order valence-electron chi connectivity index (χ0n) is 14.4. The Balaban J connectivity index is 2.16. The Morgan fingerprint density at radius 3 is 2.52 bits per heavy atom. The number of hydrogen-bond donors (Lipinski definition) is 0. The van der Waals surface area contributed by atoms with Crippen LogP contribution in [0.25, 0.3) is 11.3 Å². The first-order valence-corrected chi connectivity index (χ1v) is 8.74. The van der Waals surface area contributed by atoms with Gasteiger partial charge in [0.1, 0.15) is 5.75 Å². The number of ether oxygens (including phenoxy) is 1. The maximum atomic E-state index is 12.7. The molecule has 6 nitrogen and oxygen atoms in total. The molecule has 2 aromatic rings. The summed E-state index contributed by atoms with van der Waals surface area (Å²) in [5.74, 6) is -0.698. The van der Waals surface area contributed by atoms with Gasteiger partial charge in [0.25, 0.3) is 5.91 Å². The second-order valence-electron chi connectivity index (χ2n) is 6.03. The number of anilines is 1. The fourth-order valence-corrected chi connectivity index (χ4v) is 3.55. The zero-order valence-corrected chi connectivity index (χ0v) is 15.2. The van der Waals surface area contributed by atoms with E-state index in [2.05, 4.69) is 4.98 Å². The molecule has 1 unspecified atom stereocenters. The predicted molar refractivity (Wildman–Crippen MR) is 95.0 cm³/mol. The molecule has 0 fully saturated rings. The standard InChI is InChI=1S/C18H18N2O4S/c1-9(21)17(10(2)22)20-15-7-13(14-8-25-12(4)19-14)5-6-16(15)24-11(3)18(20)23/h5-8,11,17H,1-4H3. The molecule has 0 bridgehead atoms. The molecule has 0 aliphatic carbocycles. The number of rotatable bonds is 4. The lowest BCUT2D eigenvalue weighted by Crippen LogP contribution is -2.54. The van der Waals surface area contributed by atoms with E-state index in [1.807, 2.05) is 18.4 Å². The number of hydrogen-bond acceptors (Lipinski definition) is 6. The van der Waals surface area contributed by atoms with Crippen molar-refractivity contribution in [2.45, 2.75) is 39.8 Å². The summed E-state index contributed by atoms with van der Waals surface area (Å²) in [7, 11) is 0. The van der Waals surface area contributed by atoms with E-state index in [9.17, 15) is 14.4 Å². The molecule has 2 heterocycles. The quantitative estimate of drug-likeness (QED) is 0.786. The summed E-state index contributed by atoms with van der Waals surface area (Å²) in [4.78, 5) is 42.5. The molecule has 25 heavy (non-hydrogen) atoms. The van der Waals surface area contributed by atoms with Crippen molar-refractivity contribution in [3.63, 3.8) is 0 Å². The molecule has 1 amide bonds. The number of nitrogens with zero attached hydrogens (tertiary/aromatic N) is 2. The van der Waals surface area contributed by atoms with Crippen molar-refractivity contribution < 1.29 is 19.1 Å². The summed E-state index contributed by atoms with van der Waals surface area (Å²) in [6, 6.07) is 4.19. The normalized spacial score (nSPS) is 16.6. The Morgan fingerprint density at radius 2 is 1.96 bits per heavy atom. The van der Waals surface area contributed by atoms with E-state index in [1.165, 1.54) is 30.1 Å². The highest BCUT2D eigenvalue weighted by Gasteiger charge is 2.40. The van der Waals surface area contributed by atoms with E-state index in [0.717, 1.165) is 16.3 Å². The van der Waals surface area contributed by atoms with Gasteiger partial charge in [-0.05, 0) is 45.9 Å². The third-order valence-corrected chi connectivity index (χ3v) is 4.82. The lowest BCUT2D eigenvalue weighted by molar-refractivity contribution is -0.133. The van der Waals surface area contributed by atoms with Crippen LogP contribution in [0.2, 0.25) is 0 Å². The van der Waals surface area contributed by atoms with E-state index in [0.29, 0.717) is 11.4 Å². The van der Waals surface area contributed by atoms with Gasteiger partial charge in [-0.1, -0.05) is 0 Å². The fourth-order valence-electron chi connectivity index (χ4n) is 2.93. The molecule has 1 aromatic carbocycles. The number of fused-ring (bicyclic) bond motifs is 1. The average Bonchev–Trinajstić information content (AvgIpc) is 2.97. The van der Waals surface area contributed by atoms with Crippen LogP contribution in [0.4, 0.5) is 5.69 Å². The minimum Gasteiger partial charge on any atom is -0.479 e. The lowest BCUT2D eigenvalue weighted by Gasteiger charge is -2.36. The number of carbonyl (C=O) groups excluding carboxylic acids is 3. The summed E-state index contributed by atoms with van der Waals surface area (Å²) >= 11 is 1.52. The van der Waals surface area contributed by atoms with Gasteiger partial charge in [-0.15, -0.1) is 11.3 Å². The van der Waals surface area contributed by atoms with Crippen LogP contribution >= 0.6 is 11.3 Å². The van der Waals surface area contributed by atoms with Crippen LogP contribution in [0.15, 0.2) is 23.6 Å². The van der Waals surface area contributed by atoms with E-state index < -0.39 is 18.1 Å². The van der Waals surface area contributed by atoms with Crippen molar-refractivity contribution in [2.75, 3.05) is 4.90 Å². The van der Waals surface area contributed by atoms with E-state index in [-0.39, 0.29) is 11.6 Å². The van der Waals surface area contributed by atoms with E-state index in [4.69, 9.17) is 4.74 Å². The molecule has 0 spiro atoms. The monoisotopic (exact) mass is 358 g/mol. The van der Waals surface area contributed by atoms with Gasteiger partial charge in [0.2, 0.25) is 0 Å². The molecule has 0 radical (unpaired) electrons. The Kier molecular flexibility index (Phi) is 4.43. The summed E-state index contributed by atoms with van der Waals surface area (Å²) < 4.78 is 5.65. The predicted octanol–water partition coefficient (Wildman–Crippen LogP) is 2.78. The van der Waals surface area contributed by atoms with Crippen LogP contribution in [0, 0.1) is 6.92 Å². The highest BCUT2D eigenvalue weighted by Crippen LogP contribution is 2.39. The highest BCUT2D eigenvalue weighted by molar-refractivity contribution is 7.09. The topological polar surface area (TPSA) is 76.6 Å². The Hall–Kier alpha value is -2.54. The molecule has 1 atom stereocenters. The van der Waals surface area contributed by atoms with Crippen molar-refractivity contribution in [3.05, 3.63) is 28.6 Å². The van der Waals surface area contributed by atoms with Crippen LogP contribution in [0.3, 0.4) is 0 Å². The van der Waals surface area contributed by atoms with Crippen molar-refractivity contribution in [1.82, 2.24) is 4.98 Å². The van der Waals surface area contributed by atoms with Gasteiger partial charge in [0, 0.05) is 10.9 Å². The number of aromatic nitrogens is 1. The summed E-state index contributed by atoms with van der Waals surface area (Å²) in [5.41, 5.74) is 1.99. The molecule has 130 valence electrons. The van der Waals surface area contributed by atoms with Crippen LogP contribution < -0.4 is 9.64 Å². The number of ketones is 2. The second-order valence-corrected chi connectivity index (χ2v) is 7.09. The molecule has 7 heteroatoms. The number of thiazole rings is 1. The molecule has 1 aliphatic heterocycles. The van der Waals surface area contributed by atoms with Crippen molar-refractivity contribution >= 4 is 34.5 Å². The van der Waals surface area contributed by atoms with Gasteiger partial charge >= 0.3 is 0 Å². The van der Waals surface area contributed by atoms with Gasteiger partial charge in [-0.2, -0.15) is 0 Å². The zero-order chi connectivity index (χ0) is 18.3. The molecule has 3 rings (SSSR count). The Bertz CT molecular complexity index is 860. The minimum absolute atomic E-state index is 0.379. The smallest absolute Gasteiger partial charge is 0.268 e. The van der Waals surface area contributed by atoms with Crippen LogP contribution in [0.1, 0.15) is 25.8 Å². The molecule has 0 saturated heterocycles.